The van der Waals surface area contributed by atoms with Crippen molar-refractivity contribution in [3.63, 3.8) is 0 Å². The van der Waals surface area contributed by atoms with E-state index in [0.717, 1.165) is 53.7 Å². The number of hydrogen-bond acceptors (Lipinski definition) is 9. The number of piperidine rings is 3. The van der Waals surface area contributed by atoms with Crippen LogP contribution in [0.4, 0.5) is 5.95 Å². The van der Waals surface area contributed by atoms with Crippen molar-refractivity contribution in [3.8, 4) is 17.6 Å². The molecule has 2 aromatic carbocycles. The molecule has 0 aliphatic carbocycles. The van der Waals surface area contributed by atoms with Crippen molar-refractivity contribution in [2.24, 2.45) is 5.41 Å². The van der Waals surface area contributed by atoms with Gasteiger partial charge in [0.05, 0.1) is 22.2 Å². The summed E-state index contributed by atoms with van der Waals surface area (Å²) in [6.07, 6.45) is 9.61. The predicted octanol–water partition coefficient (Wildman–Crippen LogP) is 6.64. The number of anilines is 1. The van der Waals surface area contributed by atoms with E-state index in [1.807, 2.05) is 36.5 Å². The van der Waals surface area contributed by atoms with Crippen LogP contribution in [0.2, 0.25) is 5.02 Å². The fourth-order valence-corrected chi connectivity index (χ4v) is 8.78. The maximum atomic E-state index is 9.75. The molecule has 272 valence electrons. The predicted molar refractivity (Wildman–Crippen MR) is 203 cm³/mol. The van der Waals surface area contributed by atoms with Crippen LogP contribution in [0.5, 0.6) is 11.5 Å². The monoisotopic (exact) mass is 731 g/mol. The first kappa shape index (κ1) is 36.2. The Morgan fingerprint density at radius 2 is 1.59 bits per heavy atom. The fourth-order valence-electron chi connectivity index (χ4n) is 8.43. The average molecular weight is 733 g/mol. The summed E-state index contributed by atoms with van der Waals surface area (Å²) in [4.78, 5) is 17.5. The Morgan fingerprint density at radius 3 is 2.24 bits per heavy atom. The van der Waals surface area contributed by atoms with Gasteiger partial charge in [-0.15, -0.1) is 11.6 Å². The van der Waals surface area contributed by atoms with Crippen molar-refractivity contribution in [1.29, 1.82) is 5.26 Å². The first-order chi connectivity index (χ1) is 24.8. The van der Waals surface area contributed by atoms with Crippen molar-refractivity contribution in [3.05, 3.63) is 76.1 Å². The zero-order chi connectivity index (χ0) is 35.4. The molecule has 5 heterocycles. The standard InChI is InChI=1S/C40H51Cl2N7O2/c1-39(2,31-23-29(25-43)37(36(42)24-31)50-22-14-41)30-3-5-35(6-4-30)51-28-32-7-15-45-38(46-32)49-20-12-40(13-21-49)10-18-48(19-11-40)33-8-16-47(17-9-33)34-26-44-27-34/h3-7,15,23-24,33-34,44H,8-14,16-22,26-28H2,1-2H3. The Hall–Kier alpha value is -3.13. The number of ether oxygens (including phenoxy) is 2. The van der Waals surface area contributed by atoms with E-state index in [9.17, 15) is 5.26 Å². The second-order valence-corrected chi connectivity index (χ2v) is 16.2. The minimum Gasteiger partial charge on any atom is -0.489 e. The third-order valence-corrected chi connectivity index (χ3v) is 12.6. The molecule has 0 bridgehead atoms. The lowest BCUT2D eigenvalue weighted by atomic mass is 9.71. The van der Waals surface area contributed by atoms with Gasteiger partial charge in [0.1, 0.15) is 25.0 Å². The highest BCUT2D eigenvalue weighted by Gasteiger charge is 2.40. The number of nitrogens with zero attached hydrogens (tertiary/aromatic N) is 6. The second-order valence-electron chi connectivity index (χ2n) is 15.4. The molecule has 0 amide bonds. The van der Waals surface area contributed by atoms with Gasteiger partial charge in [0.15, 0.2) is 5.75 Å². The lowest BCUT2D eigenvalue weighted by molar-refractivity contribution is 0.0191. The third kappa shape index (κ3) is 8.11. The number of nitriles is 1. The quantitative estimate of drug-likeness (QED) is 0.218. The molecule has 3 aromatic rings. The molecule has 0 unspecified atom stereocenters. The largest absolute Gasteiger partial charge is 0.489 e. The zero-order valence-electron chi connectivity index (χ0n) is 30.1. The van der Waals surface area contributed by atoms with Crippen LogP contribution in [0.25, 0.3) is 0 Å². The van der Waals surface area contributed by atoms with Crippen molar-refractivity contribution in [1.82, 2.24) is 25.1 Å². The van der Waals surface area contributed by atoms with E-state index in [0.29, 0.717) is 34.2 Å². The lowest BCUT2D eigenvalue weighted by Crippen LogP contribution is -2.60. The number of aromatic nitrogens is 2. The topological polar surface area (TPSA) is 89.8 Å². The second kappa shape index (κ2) is 15.9. The van der Waals surface area contributed by atoms with Crippen LogP contribution < -0.4 is 19.7 Å². The van der Waals surface area contributed by atoms with E-state index in [-0.39, 0.29) is 6.61 Å². The minimum atomic E-state index is -0.407. The minimum absolute atomic E-state index is 0.285. The molecule has 0 atom stereocenters. The average Bonchev–Trinajstić information content (AvgIpc) is 3.14. The fraction of sp³-hybridized carbons (Fsp3) is 0.575. The molecule has 1 N–H and O–H groups in total. The molecule has 0 radical (unpaired) electrons. The number of halogens is 2. The van der Waals surface area contributed by atoms with Gasteiger partial charge in [0, 0.05) is 63.0 Å². The van der Waals surface area contributed by atoms with Crippen LogP contribution in [0.3, 0.4) is 0 Å². The number of hydrogen-bond donors (Lipinski definition) is 1. The highest BCUT2D eigenvalue weighted by molar-refractivity contribution is 6.32. The van der Waals surface area contributed by atoms with Gasteiger partial charge < -0.3 is 24.6 Å². The highest BCUT2D eigenvalue weighted by Crippen LogP contribution is 2.43. The van der Waals surface area contributed by atoms with Gasteiger partial charge in [0.25, 0.3) is 0 Å². The Kier molecular flexibility index (Phi) is 11.3. The van der Waals surface area contributed by atoms with E-state index in [4.69, 9.17) is 37.7 Å². The third-order valence-electron chi connectivity index (χ3n) is 12.1. The van der Waals surface area contributed by atoms with Gasteiger partial charge in [-0.1, -0.05) is 37.6 Å². The number of likely N-dealkylation sites (tertiary alicyclic amines) is 2. The Morgan fingerprint density at radius 1 is 0.902 bits per heavy atom. The maximum absolute atomic E-state index is 9.75. The molecule has 11 heteroatoms. The molecule has 1 aromatic heterocycles. The molecule has 1 spiro atoms. The van der Waals surface area contributed by atoms with E-state index in [1.165, 1.54) is 77.8 Å². The molecular weight excluding hydrogens is 681 g/mol. The van der Waals surface area contributed by atoms with E-state index in [2.05, 4.69) is 57.0 Å². The van der Waals surface area contributed by atoms with Crippen molar-refractivity contribution in [2.45, 2.75) is 76.5 Å². The van der Waals surface area contributed by atoms with Gasteiger partial charge in [-0.3, -0.25) is 4.90 Å². The summed E-state index contributed by atoms with van der Waals surface area (Å²) in [5, 5.41) is 13.6. The summed E-state index contributed by atoms with van der Waals surface area (Å²) in [5.74, 6) is 2.27. The molecule has 51 heavy (non-hydrogen) atoms. The molecule has 4 saturated heterocycles. The van der Waals surface area contributed by atoms with Gasteiger partial charge in [-0.05, 0) is 98.5 Å². The molecule has 7 rings (SSSR count). The first-order valence-corrected chi connectivity index (χ1v) is 19.6. The van der Waals surface area contributed by atoms with E-state index in [1.54, 1.807) is 0 Å². The summed E-state index contributed by atoms with van der Waals surface area (Å²) < 4.78 is 11.8. The zero-order valence-corrected chi connectivity index (χ0v) is 31.6. The van der Waals surface area contributed by atoms with Gasteiger partial charge in [-0.25, -0.2) is 9.97 Å². The Bertz CT molecular complexity index is 1670. The van der Waals surface area contributed by atoms with Gasteiger partial charge >= 0.3 is 0 Å². The first-order valence-electron chi connectivity index (χ1n) is 18.7. The normalized spacial score (nSPS) is 20.6. The van der Waals surface area contributed by atoms with Gasteiger partial charge in [0.2, 0.25) is 5.95 Å². The highest BCUT2D eigenvalue weighted by atomic mass is 35.5. The van der Waals surface area contributed by atoms with Crippen molar-refractivity contribution in [2.75, 3.05) is 69.7 Å². The van der Waals surface area contributed by atoms with Crippen molar-refractivity contribution >= 4 is 29.2 Å². The van der Waals surface area contributed by atoms with Crippen LogP contribution in [0, 0.1) is 16.7 Å². The summed E-state index contributed by atoms with van der Waals surface area (Å²) in [6, 6.07) is 17.5. The number of alkyl halides is 1. The molecule has 4 aliphatic rings. The molecule has 4 aliphatic heterocycles. The van der Waals surface area contributed by atoms with Crippen LogP contribution in [-0.2, 0) is 12.0 Å². The molecular formula is C40H51Cl2N7O2. The lowest BCUT2D eigenvalue weighted by Gasteiger charge is -2.50. The van der Waals surface area contributed by atoms with Gasteiger partial charge in [-0.2, -0.15) is 5.26 Å². The number of benzene rings is 2. The summed E-state index contributed by atoms with van der Waals surface area (Å²) in [6.45, 7) is 14.3. The number of rotatable bonds is 11. The van der Waals surface area contributed by atoms with Crippen LogP contribution >= 0.6 is 23.2 Å². The van der Waals surface area contributed by atoms with Crippen LogP contribution in [0.1, 0.15) is 74.8 Å². The van der Waals surface area contributed by atoms with E-state index >= 15 is 0 Å². The van der Waals surface area contributed by atoms with Crippen LogP contribution in [0.15, 0.2) is 48.7 Å². The summed E-state index contributed by atoms with van der Waals surface area (Å²) in [7, 11) is 0. The van der Waals surface area contributed by atoms with E-state index < -0.39 is 5.41 Å². The maximum Gasteiger partial charge on any atom is 0.225 e. The molecule has 0 saturated carbocycles. The molecule has 4 fully saturated rings. The smallest absolute Gasteiger partial charge is 0.225 e. The number of nitrogens with one attached hydrogen (secondary N) is 1. The Balaban J connectivity index is 0.894. The molecule has 9 nitrogen and oxygen atoms in total. The van der Waals surface area contributed by atoms with Crippen molar-refractivity contribution < 1.29 is 9.47 Å². The van der Waals surface area contributed by atoms with Crippen LogP contribution in [-0.4, -0.2) is 96.7 Å². The Labute approximate surface area is 313 Å². The summed E-state index contributed by atoms with van der Waals surface area (Å²) in [5.41, 5.74) is 3.33. The summed E-state index contributed by atoms with van der Waals surface area (Å²) >= 11 is 12.3. The SMILES string of the molecule is CC(C)(c1ccc(OCc2ccnc(N3CCC4(CC3)CCN(C3CCN(C5CNC5)CC3)CC4)n2)cc1)c1cc(Cl)c(OCCCl)c(C#N)c1.